The maximum Gasteiger partial charge on any atom is 0.186 e. The Labute approximate surface area is 73.5 Å². The number of rotatable bonds is 0. The summed E-state index contributed by atoms with van der Waals surface area (Å²) in [6.07, 6.45) is 3.27. The molecular weight excluding hydrogens is 174 g/mol. The van der Waals surface area contributed by atoms with Gasteiger partial charge in [0.05, 0.1) is 5.75 Å². The Morgan fingerprint density at radius 2 is 2.25 bits per heavy atom. The third-order valence-electron chi connectivity index (χ3n) is 1.40. The van der Waals surface area contributed by atoms with Crippen LogP contribution in [0.4, 0.5) is 5.82 Å². The van der Waals surface area contributed by atoms with Crippen LogP contribution in [0.25, 0.3) is 0 Å². The molecule has 0 aliphatic carbocycles. The van der Waals surface area contributed by atoms with E-state index < -0.39 is 0 Å². The number of nitrogens with two attached hydrogens (primary N) is 1. The van der Waals surface area contributed by atoms with E-state index in [1.807, 2.05) is 0 Å². The summed E-state index contributed by atoms with van der Waals surface area (Å²) >= 11 is 1.57. The molecule has 0 atom stereocenters. The molecule has 0 radical (unpaired) electrons. The fraction of sp³-hybridized carbons (Fsp3) is 0.167. The van der Waals surface area contributed by atoms with Gasteiger partial charge in [-0.15, -0.1) is 0 Å². The summed E-state index contributed by atoms with van der Waals surface area (Å²) in [5.41, 5.74) is 2.51. The molecule has 0 unspecified atom stereocenters. The second-order valence-corrected chi connectivity index (χ2v) is 3.14. The summed E-state index contributed by atoms with van der Waals surface area (Å²) < 4.78 is 0. The van der Waals surface area contributed by atoms with Crippen LogP contribution in [-0.2, 0) is 0 Å². The predicted molar refractivity (Wildman–Crippen MR) is 47.2 cm³/mol. The highest BCUT2D eigenvalue weighted by Gasteiger charge is 2.12. The molecule has 5 nitrogen and oxygen atoms in total. The Hall–Kier alpha value is -1.14. The van der Waals surface area contributed by atoms with Crippen molar-refractivity contribution in [3.8, 4) is 0 Å². The monoisotopic (exact) mass is 181 g/mol. The first kappa shape index (κ1) is 7.51. The second-order valence-electron chi connectivity index (χ2n) is 2.18. The van der Waals surface area contributed by atoms with Crippen LogP contribution < -0.4 is 11.3 Å². The lowest BCUT2D eigenvalue weighted by Crippen LogP contribution is -2.32. The molecule has 1 aromatic heterocycles. The number of hydrazine groups is 1. The number of aromatic nitrogens is 2. The highest BCUT2D eigenvalue weighted by Crippen LogP contribution is 2.28. The van der Waals surface area contributed by atoms with Crippen molar-refractivity contribution in [3.05, 3.63) is 12.4 Å². The lowest BCUT2D eigenvalue weighted by atomic mass is 10.6. The molecule has 2 rings (SSSR count). The Morgan fingerprint density at radius 1 is 1.42 bits per heavy atom. The molecule has 1 aliphatic rings. The van der Waals surface area contributed by atoms with Crippen molar-refractivity contribution in [2.45, 2.75) is 5.03 Å². The summed E-state index contributed by atoms with van der Waals surface area (Å²) in [6.45, 7) is 0. The van der Waals surface area contributed by atoms with Gasteiger partial charge in [-0.3, -0.25) is 0 Å². The van der Waals surface area contributed by atoms with Crippen molar-refractivity contribution >= 4 is 23.4 Å². The summed E-state index contributed by atoms with van der Waals surface area (Å²) in [7, 11) is 0. The number of fused-ring (bicyclic) bond motifs is 1. The van der Waals surface area contributed by atoms with Crippen molar-refractivity contribution in [1.82, 2.24) is 15.4 Å². The SMILES string of the molecule is NNC1=Nc2nccnc2SC1. The number of nitrogens with zero attached hydrogens (tertiary/aromatic N) is 3. The lowest BCUT2D eigenvalue weighted by Gasteiger charge is -2.11. The zero-order valence-electron chi connectivity index (χ0n) is 6.19. The van der Waals surface area contributed by atoms with Gasteiger partial charge in [0.25, 0.3) is 0 Å². The molecule has 6 heteroatoms. The lowest BCUT2D eigenvalue weighted by molar-refractivity contribution is 0.982. The Balaban J connectivity index is 2.41. The predicted octanol–water partition coefficient (Wildman–Crippen LogP) is 0.0756. The molecule has 1 aliphatic heterocycles. The average Bonchev–Trinajstić information content (AvgIpc) is 2.17. The number of nitrogens with one attached hydrogen (secondary N) is 1. The van der Waals surface area contributed by atoms with Crippen molar-refractivity contribution in [1.29, 1.82) is 0 Å². The van der Waals surface area contributed by atoms with Crippen LogP contribution in [0, 0.1) is 0 Å². The molecule has 0 aromatic carbocycles. The summed E-state index contributed by atoms with van der Waals surface area (Å²) in [5, 5.41) is 0.858. The van der Waals surface area contributed by atoms with E-state index in [-0.39, 0.29) is 0 Å². The quantitative estimate of drug-likeness (QED) is 0.437. The molecule has 12 heavy (non-hydrogen) atoms. The molecule has 0 bridgehead atoms. The van der Waals surface area contributed by atoms with E-state index in [0.717, 1.165) is 16.6 Å². The highest BCUT2D eigenvalue weighted by atomic mass is 32.2. The Bertz CT molecular complexity index is 323. The third-order valence-corrected chi connectivity index (χ3v) is 2.38. The first-order valence-electron chi connectivity index (χ1n) is 3.38. The van der Waals surface area contributed by atoms with Crippen LogP contribution in [0.5, 0.6) is 0 Å². The van der Waals surface area contributed by atoms with E-state index in [1.54, 1.807) is 24.2 Å². The van der Waals surface area contributed by atoms with Crippen LogP contribution in [0.1, 0.15) is 0 Å². The summed E-state index contributed by atoms with van der Waals surface area (Å²) in [4.78, 5) is 12.3. The normalized spacial score (nSPS) is 14.9. The van der Waals surface area contributed by atoms with E-state index in [9.17, 15) is 0 Å². The van der Waals surface area contributed by atoms with E-state index in [4.69, 9.17) is 5.84 Å². The third kappa shape index (κ3) is 1.26. The first-order chi connectivity index (χ1) is 5.90. The van der Waals surface area contributed by atoms with E-state index in [1.165, 1.54) is 0 Å². The maximum atomic E-state index is 5.22. The van der Waals surface area contributed by atoms with Gasteiger partial charge in [-0.1, -0.05) is 11.8 Å². The van der Waals surface area contributed by atoms with E-state index in [2.05, 4.69) is 20.4 Å². The number of hydrogen-bond donors (Lipinski definition) is 2. The topological polar surface area (TPSA) is 76.2 Å². The van der Waals surface area contributed by atoms with Crippen LogP contribution in [0.3, 0.4) is 0 Å². The van der Waals surface area contributed by atoms with Gasteiger partial charge >= 0.3 is 0 Å². The minimum atomic E-state index is 0.640. The summed E-state index contributed by atoms with van der Waals surface area (Å²) in [6, 6.07) is 0. The van der Waals surface area contributed by atoms with Gasteiger partial charge in [0.15, 0.2) is 5.82 Å². The summed E-state index contributed by atoms with van der Waals surface area (Å²) in [5.74, 6) is 7.31. The highest BCUT2D eigenvalue weighted by molar-refractivity contribution is 8.00. The Kier molecular flexibility index (Phi) is 1.92. The number of hydrogen-bond acceptors (Lipinski definition) is 6. The maximum absolute atomic E-state index is 5.22. The number of amidine groups is 1. The molecule has 1 aromatic rings. The van der Waals surface area contributed by atoms with E-state index in [0.29, 0.717) is 5.82 Å². The van der Waals surface area contributed by atoms with Gasteiger partial charge in [0.2, 0.25) is 0 Å². The van der Waals surface area contributed by atoms with Crippen molar-refractivity contribution < 1.29 is 0 Å². The largest absolute Gasteiger partial charge is 0.311 e. The van der Waals surface area contributed by atoms with Gasteiger partial charge < -0.3 is 5.43 Å². The van der Waals surface area contributed by atoms with Gasteiger partial charge in [-0.2, -0.15) is 0 Å². The number of aliphatic imine (C=N–C) groups is 1. The zero-order chi connectivity index (χ0) is 8.39. The van der Waals surface area contributed by atoms with Gasteiger partial charge in [0.1, 0.15) is 10.9 Å². The van der Waals surface area contributed by atoms with Crippen LogP contribution in [-0.4, -0.2) is 21.6 Å². The fourth-order valence-corrected chi connectivity index (χ4v) is 1.65. The molecule has 0 fully saturated rings. The molecule has 2 heterocycles. The van der Waals surface area contributed by atoms with Crippen LogP contribution in [0.15, 0.2) is 22.4 Å². The van der Waals surface area contributed by atoms with Gasteiger partial charge in [-0.05, 0) is 0 Å². The molecule has 62 valence electrons. The van der Waals surface area contributed by atoms with Crippen LogP contribution in [0.2, 0.25) is 0 Å². The molecular formula is C6H7N5S. The average molecular weight is 181 g/mol. The fourth-order valence-electron chi connectivity index (χ4n) is 0.867. The van der Waals surface area contributed by atoms with Crippen molar-refractivity contribution in [2.24, 2.45) is 10.8 Å². The number of thioether (sulfide) groups is 1. The zero-order valence-corrected chi connectivity index (χ0v) is 7.01. The molecule has 0 amide bonds. The smallest absolute Gasteiger partial charge is 0.186 e. The van der Waals surface area contributed by atoms with E-state index >= 15 is 0 Å². The van der Waals surface area contributed by atoms with Crippen molar-refractivity contribution in [2.75, 3.05) is 5.75 Å². The molecule has 0 saturated heterocycles. The van der Waals surface area contributed by atoms with Gasteiger partial charge in [0, 0.05) is 12.4 Å². The molecule has 3 N–H and O–H groups in total. The Morgan fingerprint density at radius 3 is 3.08 bits per heavy atom. The van der Waals surface area contributed by atoms with Crippen molar-refractivity contribution in [3.63, 3.8) is 0 Å². The second kappa shape index (κ2) is 3.08. The molecule has 0 saturated carbocycles. The molecule has 0 spiro atoms. The first-order valence-corrected chi connectivity index (χ1v) is 4.36. The van der Waals surface area contributed by atoms with Crippen LogP contribution >= 0.6 is 11.8 Å². The minimum Gasteiger partial charge on any atom is -0.311 e. The van der Waals surface area contributed by atoms with Gasteiger partial charge in [-0.25, -0.2) is 20.8 Å². The minimum absolute atomic E-state index is 0.640. The standard InChI is InChI=1S/C6H7N5S/c7-11-4-3-12-6-5(10-4)8-1-2-9-6/h1-2H,3,7H2,(H,8,10,11).